The predicted octanol–water partition coefficient (Wildman–Crippen LogP) is 6.45. The minimum atomic E-state index is -3.88. The molecule has 3 heterocycles. The van der Waals surface area contributed by atoms with E-state index in [-0.39, 0.29) is 67.7 Å². The molecule has 4 aliphatic rings. The van der Waals surface area contributed by atoms with E-state index in [4.69, 9.17) is 14.2 Å². The molecule has 0 unspecified atom stereocenters. The van der Waals surface area contributed by atoms with E-state index in [2.05, 4.69) is 16.6 Å². The summed E-state index contributed by atoms with van der Waals surface area (Å²) in [5.74, 6) is -3.53. The third kappa shape index (κ3) is 9.37. The van der Waals surface area contributed by atoms with Gasteiger partial charge < -0.3 is 19.1 Å². The van der Waals surface area contributed by atoms with Crippen molar-refractivity contribution >= 4 is 44.4 Å². The van der Waals surface area contributed by atoms with Gasteiger partial charge in [0, 0.05) is 24.4 Å². The molecule has 1 N–H and O–H groups in total. The Balaban J connectivity index is 1.36. The average Bonchev–Trinajstić information content (AvgIpc) is 4.05. The Bertz CT molecular complexity index is 1980. The predicted molar refractivity (Wildman–Crippen MR) is 208 cm³/mol. The Hall–Kier alpha value is -4.07. The molecule has 56 heavy (non-hydrogen) atoms. The molecule has 1 aromatic heterocycles. The first-order chi connectivity index (χ1) is 26.4. The number of hydrogen-bond donors (Lipinski definition) is 1. The minimum absolute atomic E-state index is 0.0256. The summed E-state index contributed by atoms with van der Waals surface area (Å²) in [4.78, 5) is 62.8. The summed E-state index contributed by atoms with van der Waals surface area (Å²) < 4.78 is 60.8. The number of allylic oxidation sites excluding steroid dienone is 2. The van der Waals surface area contributed by atoms with Crippen molar-refractivity contribution in [1.82, 2.24) is 14.6 Å². The van der Waals surface area contributed by atoms with Crippen molar-refractivity contribution in [2.45, 2.75) is 129 Å². The number of Topliss-reactive ketones (excluding diaryl/α,β-unsaturated/α-hetero) is 1. The second-order valence-electron chi connectivity index (χ2n) is 17.2. The van der Waals surface area contributed by atoms with E-state index in [9.17, 15) is 27.6 Å². The number of aromatic nitrogens is 1. The molecule has 2 aromatic rings. The fourth-order valence-electron chi connectivity index (χ4n) is 8.47. The molecule has 306 valence electrons. The number of pyridine rings is 1. The van der Waals surface area contributed by atoms with Crippen molar-refractivity contribution in [3.05, 3.63) is 42.4 Å². The van der Waals surface area contributed by atoms with Gasteiger partial charge in [0.25, 0.3) is 0 Å². The van der Waals surface area contributed by atoms with Crippen LogP contribution in [0.15, 0.2) is 36.5 Å². The van der Waals surface area contributed by atoms with E-state index in [1.54, 1.807) is 39.8 Å². The van der Waals surface area contributed by atoms with Gasteiger partial charge in [-0.25, -0.2) is 17.8 Å². The second-order valence-corrected chi connectivity index (χ2v) is 19.2. The summed E-state index contributed by atoms with van der Waals surface area (Å²) in [5.41, 5.74) is -2.06. The van der Waals surface area contributed by atoms with Crippen LogP contribution in [-0.4, -0.2) is 78.0 Å². The van der Waals surface area contributed by atoms with Crippen LogP contribution in [0.25, 0.3) is 10.8 Å². The van der Waals surface area contributed by atoms with Crippen LogP contribution in [0.2, 0.25) is 0 Å². The van der Waals surface area contributed by atoms with Crippen LogP contribution in [-0.2, 0) is 33.9 Å². The van der Waals surface area contributed by atoms with Gasteiger partial charge in [-0.3, -0.25) is 23.9 Å². The molecule has 1 saturated heterocycles. The van der Waals surface area contributed by atoms with Gasteiger partial charge in [0.1, 0.15) is 11.7 Å². The third-order valence-electron chi connectivity index (χ3n) is 11.7. The Morgan fingerprint density at radius 3 is 2.54 bits per heavy atom. The number of sulfonamides is 1. The highest BCUT2D eigenvalue weighted by atomic mass is 32.2. The van der Waals surface area contributed by atoms with E-state index in [0.29, 0.717) is 49.3 Å². The maximum absolute atomic E-state index is 15.1. The summed E-state index contributed by atoms with van der Waals surface area (Å²) in [5, 5.41) is 0.392. The number of carbonyl (C=O) groups excluding carboxylic acids is 4. The lowest BCUT2D eigenvalue weighted by Gasteiger charge is -2.33. The number of ether oxygens (including phenoxy) is 3. The number of carbonyl (C=O) groups is 4. The van der Waals surface area contributed by atoms with Crippen LogP contribution < -0.4 is 14.2 Å². The van der Waals surface area contributed by atoms with Crippen LogP contribution in [0.1, 0.15) is 106 Å². The molecule has 0 bridgehead atoms. The van der Waals surface area contributed by atoms with Crippen LogP contribution in [0, 0.1) is 34.9 Å². The van der Waals surface area contributed by atoms with Gasteiger partial charge in [-0.15, -0.1) is 0 Å². The van der Waals surface area contributed by atoms with Gasteiger partial charge in [0.2, 0.25) is 27.7 Å². The summed E-state index contributed by atoms with van der Waals surface area (Å²) in [6.45, 7) is 11.4. The minimum Gasteiger partial charge on any atom is -0.491 e. The molecule has 0 spiro atoms. The largest absolute Gasteiger partial charge is 0.491 e. The van der Waals surface area contributed by atoms with Gasteiger partial charge in [-0.1, -0.05) is 32.4 Å². The average molecular weight is 798 g/mol. The molecule has 14 heteroatoms. The zero-order chi connectivity index (χ0) is 40.6. The maximum Gasteiger partial charge on any atom is 0.307 e. The van der Waals surface area contributed by atoms with Gasteiger partial charge in [0.15, 0.2) is 17.3 Å². The molecule has 6 rings (SSSR count). The number of amides is 2. The van der Waals surface area contributed by atoms with Crippen molar-refractivity contribution in [3.8, 4) is 11.6 Å². The second kappa shape index (κ2) is 16.4. The van der Waals surface area contributed by atoms with E-state index in [1.807, 2.05) is 19.1 Å². The summed E-state index contributed by atoms with van der Waals surface area (Å²) in [6, 6.07) is 3.52. The normalized spacial score (nSPS) is 29.4. The summed E-state index contributed by atoms with van der Waals surface area (Å²) in [6.07, 6.45) is 8.33. The molecule has 2 saturated carbocycles. The van der Waals surface area contributed by atoms with E-state index in [0.717, 1.165) is 6.42 Å². The molecular formula is C42H56FN3O9S. The third-order valence-corrected chi connectivity index (χ3v) is 13.5. The van der Waals surface area contributed by atoms with Gasteiger partial charge in [0.05, 0.1) is 42.2 Å². The Morgan fingerprint density at radius 1 is 1.11 bits per heavy atom. The first kappa shape index (κ1) is 41.6. The first-order valence-electron chi connectivity index (χ1n) is 20.1. The summed E-state index contributed by atoms with van der Waals surface area (Å²) in [7, 11) is -3.88. The molecule has 2 amide bonds. The van der Waals surface area contributed by atoms with Crippen molar-refractivity contribution < 1.29 is 46.2 Å². The highest BCUT2D eigenvalue weighted by Crippen LogP contribution is 2.57. The summed E-state index contributed by atoms with van der Waals surface area (Å²) >= 11 is 0. The Kier molecular flexibility index (Phi) is 12.2. The SMILES string of the molecule is CCOc1cc2ccnc(O[C@@H]3C[C@H]4C(=O)C[C@]5(C(=O)NS(=O)(=O)C6CC6)C[C@H]5/C=C\CC[C@@H](C)C[C@@H](CC)[C@H](CC(=O)OC(C)(C)C)C(=O)N4C3)c2cc1F. The topological polar surface area (TPSA) is 158 Å². The molecule has 12 nitrogen and oxygen atoms in total. The molecule has 2 aliphatic heterocycles. The van der Waals surface area contributed by atoms with E-state index >= 15 is 4.39 Å². The number of halogens is 1. The van der Waals surface area contributed by atoms with E-state index < -0.39 is 67.8 Å². The first-order valence-corrected chi connectivity index (χ1v) is 21.6. The number of nitrogens with one attached hydrogen (secondary N) is 1. The molecule has 3 fully saturated rings. The zero-order valence-corrected chi connectivity index (χ0v) is 34.2. The molecule has 1 aromatic carbocycles. The quantitative estimate of drug-likeness (QED) is 0.209. The molecular weight excluding hydrogens is 742 g/mol. The fourth-order valence-corrected chi connectivity index (χ4v) is 9.86. The molecule has 0 radical (unpaired) electrons. The van der Waals surface area contributed by atoms with Crippen molar-refractivity contribution in [2.75, 3.05) is 13.2 Å². The molecule has 7 atom stereocenters. The Morgan fingerprint density at radius 2 is 1.86 bits per heavy atom. The number of fused-ring (bicyclic) bond motifs is 3. The van der Waals surface area contributed by atoms with Gasteiger partial charge >= 0.3 is 5.97 Å². The van der Waals surface area contributed by atoms with Crippen molar-refractivity contribution in [3.63, 3.8) is 0 Å². The highest BCUT2D eigenvalue weighted by molar-refractivity contribution is 7.90. The number of hydrogen-bond acceptors (Lipinski definition) is 10. The zero-order valence-electron chi connectivity index (χ0n) is 33.3. The lowest BCUT2D eigenvalue weighted by molar-refractivity contribution is -0.160. The highest BCUT2D eigenvalue weighted by Gasteiger charge is 2.61. The lowest BCUT2D eigenvalue weighted by Crippen LogP contribution is -2.48. The van der Waals surface area contributed by atoms with Crippen molar-refractivity contribution in [2.24, 2.45) is 29.1 Å². The number of rotatable bonds is 10. The fraction of sp³-hybridized carbons (Fsp3) is 0.643. The lowest BCUT2D eigenvalue weighted by atomic mass is 9.79. The van der Waals surface area contributed by atoms with Crippen LogP contribution in [0.3, 0.4) is 0 Å². The van der Waals surface area contributed by atoms with Crippen LogP contribution in [0.4, 0.5) is 4.39 Å². The number of ketones is 1. The van der Waals surface area contributed by atoms with E-state index in [1.165, 1.54) is 17.2 Å². The Labute approximate surface area is 329 Å². The monoisotopic (exact) mass is 797 g/mol. The van der Waals surface area contributed by atoms with Gasteiger partial charge in [-0.05, 0) is 108 Å². The number of nitrogens with zero attached hydrogens (tertiary/aromatic N) is 2. The maximum atomic E-state index is 15.1. The number of esters is 1. The smallest absolute Gasteiger partial charge is 0.307 e. The van der Waals surface area contributed by atoms with Crippen LogP contribution >= 0.6 is 0 Å². The van der Waals surface area contributed by atoms with Crippen molar-refractivity contribution in [1.29, 1.82) is 0 Å². The number of benzene rings is 1. The van der Waals surface area contributed by atoms with Crippen LogP contribution in [0.5, 0.6) is 11.6 Å². The standard InChI is InChI=1S/C42H56FN3O9S/c1-7-26-17-25(3)11-9-10-12-28-22-42(28,40(50)45-56(51,52)30-13-14-30)23-35(47)34-19-29(24-46(34)39(49)32(26)21-37(48)55-41(4,5)6)54-38-31-20-33(43)36(53-8-2)18-27(31)15-16-44-38/h10,12,15-16,18,20,25-26,28-30,32,34H,7-9,11,13-14,17,19,21-24H2,1-6H3,(H,45,50)/b12-10-/t25-,26-,28-,29-,32+,34+,42-/m1/s1. The van der Waals surface area contributed by atoms with Gasteiger partial charge in [-0.2, -0.15) is 0 Å². The molecule has 2 aliphatic carbocycles.